The van der Waals surface area contributed by atoms with Crippen LogP contribution in [0.1, 0.15) is 0 Å². The summed E-state index contributed by atoms with van der Waals surface area (Å²) in [4.78, 5) is 0. The van der Waals surface area contributed by atoms with Crippen LogP contribution in [-0.4, -0.2) is 0 Å². The summed E-state index contributed by atoms with van der Waals surface area (Å²) in [5, 5.41) is 22.5. The molecule has 9 aromatic heterocycles. The molecule has 32 aromatic rings. The minimum atomic E-state index is 0.912. The van der Waals surface area contributed by atoms with E-state index in [0.29, 0.717) is 0 Å². The van der Waals surface area contributed by atoms with Crippen LogP contribution in [0.3, 0.4) is 0 Å². The van der Waals surface area contributed by atoms with Crippen LogP contribution in [0.25, 0.3) is 311 Å². The quantitative estimate of drug-likeness (QED) is 0.129. The summed E-state index contributed by atoms with van der Waals surface area (Å²) < 4.78 is 38.0. The molecule has 4 nitrogen and oxygen atoms in total. The van der Waals surface area contributed by atoms with Crippen LogP contribution in [0.15, 0.2) is 503 Å². The Morgan fingerprint density at radius 3 is 0.735 bits per heavy atom. The summed E-state index contributed by atoms with van der Waals surface area (Å²) in [5.74, 6) is 0. The largest absolute Gasteiger partial charge is 0.456 e. The summed E-state index contributed by atoms with van der Waals surface area (Å²) in [6, 6.07) is 176. The van der Waals surface area contributed by atoms with Crippen molar-refractivity contribution in [1.82, 2.24) is 0 Å². The monoisotopic (exact) mass is 1960 g/mol. The van der Waals surface area contributed by atoms with E-state index in [-0.39, 0.29) is 0 Å². The number of furan rings is 4. The summed E-state index contributed by atoms with van der Waals surface area (Å²) in [5.41, 5.74) is 34.3. The van der Waals surface area contributed by atoms with Gasteiger partial charge >= 0.3 is 0 Å². The molecule has 0 aliphatic rings. The molecule has 0 radical (unpaired) electrons. The topological polar surface area (TPSA) is 52.6 Å². The van der Waals surface area contributed by atoms with E-state index < -0.39 is 0 Å². The van der Waals surface area contributed by atoms with Gasteiger partial charge in [-0.05, 0) is 268 Å². The molecule has 686 valence electrons. The standard InChI is InChI=1S/C48H28O2S.C48H28OS2.C42H24OS2/c1-3-18-39-37(12-1)45-33(14-6-20-41(45)49-39)29-24-26-30(27-25-29)34-16-8-22-43-47(34)48-36(17-9-23-44(48)51-43)32-11-5-10-31(28-32)35-15-7-21-42-46(35)38-13-2-4-19-40(38)50-42;1-3-19-40-38(15-1)46-34(16-7-20-41(46)49-40)32-12-6-13-33(27-32)36-18-9-23-45-48(36)47-35(17-8-22-44(47)51-45)31-11-5-10-29(26-31)30-24-25-43-39(28-30)37-14-2-4-21-42(37)50-43;1-3-16-34-29(11-1)33-24-26(21-22-35(33)43-34)25-9-5-10-27(23-25)28-13-6-19-38-41(28)42-31(15-8-20-39(42)45-38)30-14-7-18-37-40(30)32-12-2-4-17-36(32)44-37/h2*1-28H;1-24H. The van der Waals surface area contributed by atoms with Gasteiger partial charge in [0.25, 0.3) is 0 Å². The molecule has 0 unspecified atom stereocenters. The average molecular weight is 1960 g/mol. The number of fused-ring (bicyclic) bond motifs is 27. The molecular formula is C138H80O4S5. The van der Waals surface area contributed by atoms with E-state index in [1.807, 2.05) is 99.1 Å². The minimum Gasteiger partial charge on any atom is -0.456 e. The molecule has 0 saturated heterocycles. The van der Waals surface area contributed by atoms with Crippen molar-refractivity contribution < 1.29 is 17.7 Å². The number of hydrogen-bond acceptors (Lipinski definition) is 9. The Kier molecular flexibility index (Phi) is 20.0. The van der Waals surface area contributed by atoms with Crippen LogP contribution in [-0.2, 0) is 0 Å². The molecule has 0 saturated carbocycles. The van der Waals surface area contributed by atoms with E-state index in [9.17, 15) is 0 Å². The van der Waals surface area contributed by atoms with E-state index >= 15 is 0 Å². The first kappa shape index (κ1) is 85.0. The molecule has 0 bridgehead atoms. The first-order chi connectivity index (χ1) is 72.8. The smallest absolute Gasteiger partial charge is 0.136 e. The Labute approximate surface area is 863 Å². The highest BCUT2D eigenvalue weighted by Gasteiger charge is 2.26. The number of thiophene rings is 5. The zero-order chi connectivity index (χ0) is 96.4. The molecular weight excluding hydrogens is 1880 g/mol. The maximum atomic E-state index is 6.25. The second-order valence-corrected chi connectivity index (χ2v) is 43.4. The number of benzene rings is 23. The third-order valence-electron chi connectivity index (χ3n) is 29.7. The van der Waals surface area contributed by atoms with Gasteiger partial charge in [-0.2, -0.15) is 0 Å². The van der Waals surface area contributed by atoms with Crippen molar-refractivity contribution in [1.29, 1.82) is 0 Å². The molecule has 0 aliphatic heterocycles. The lowest BCUT2D eigenvalue weighted by Crippen LogP contribution is -1.86. The molecule has 23 aromatic carbocycles. The Morgan fingerprint density at radius 2 is 0.320 bits per heavy atom. The predicted octanol–water partition coefficient (Wildman–Crippen LogP) is 42.8. The van der Waals surface area contributed by atoms with Gasteiger partial charge in [-0.3, -0.25) is 0 Å². The average Bonchev–Trinajstić information content (AvgIpc) is 1.58. The number of rotatable bonds is 11. The third-order valence-corrected chi connectivity index (χ3v) is 35.4. The Hall–Kier alpha value is -17.6. The van der Waals surface area contributed by atoms with Crippen LogP contribution in [0.2, 0.25) is 0 Å². The molecule has 0 fully saturated rings. The van der Waals surface area contributed by atoms with Crippen molar-refractivity contribution in [3.8, 4) is 122 Å². The van der Waals surface area contributed by atoms with E-state index in [4.69, 9.17) is 17.7 Å². The van der Waals surface area contributed by atoms with Crippen molar-refractivity contribution in [2.75, 3.05) is 0 Å². The zero-order valence-electron chi connectivity index (χ0n) is 78.9. The van der Waals surface area contributed by atoms with Gasteiger partial charge in [0, 0.05) is 144 Å². The van der Waals surface area contributed by atoms with Gasteiger partial charge in [0.15, 0.2) is 0 Å². The first-order valence-electron chi connectivity index (χ1n) is 49.7. The van der Waals surface area contributed by atoms with E-state index in [2.05, 4.69) is 443 Å². The molecule has 9 heterocycles. The summed E-state index contributed by atoms with van der Waals surface area (Å²) in [6.07, 6.45) is 0. The summed E-state index contributed by atoms with van der Waals surface area (Å²) in [6.45, 7) is 0. The SMILES string of the molecule is c1cc(-c2ccc3oc4ccccc4c3c2)cc(-c2cccc3sc4cccc(-c5cccc6sc7ccccc7c56)c4c23)c1.c1cc(-c2ccc3sc4ccccc4c3c2)cc(-c2cccc3sc4cccc(-c5cccc(-c6cccc7oc8ccccc8c67)c5)c4c23)c1.c1cc(-c2cccc3oc4ccccc4c23)cc(-c2cccc3sc4cccc(-c5ccc(-c6cccc7oc8ccccc8c67)cc5)c4c23)c1. The lowest BCUT2D eigenvalue weighted by atomic mass is 9.91. The van der Waals surface area contributed by atoms with E-state index in [1.54, 1.807) is 0 Å². The Morgan fingerprint density at radius 1 is 0.102 bits per heavy atom. The third kappa shape index (κ3) is 14.2. The predicted molar refractivity (Wildman–Crippen MR) is 633 cm³/mol. The molecule has 0 amide bonds. The minimum absolute atomic E-state index is 0.912. The summed E-state index contributed by atoms with van der Waals surface area (Å²) >= 11 is 9.37. The van der Waals surface area contributed by atoms with Crippen LogP contribution in [0.4, 0.5) is 0 Å². The second-order valence-electron chi connectivity index (χ2n) is 38.0. The van der Waals surface area contributed by atoms with Crippen LogP contribution in [0.5, 0.6) is 0 Å². The highest BCUT2D eigenvalue weighted by Crippen LogP contribution is 2.54. The first-order valence-corrected chi connectivity index (χ1v) is 53.7. The van der Waals surface area contributed by atoms with Gasteiger partial charge in [0.1, 0.15) is 44.7 Å². The van der Waals surface area contributed by atoms with Gasteiger partial charge in [-0.25, -0.2) is 0 Å². The highest BCUT2D eigenvalue weighted by molar-refractivity contribution is 7.27. The molecule has 9 heteroatoms. The Bertz CT molecular complexity index is 11000. The lowest BCUT2D eigenvalue weighted by molar-refractivity contribution is 0.668. The summed E-state index contributed by atoms with van der Waals surface area (Å²) in [7, 11) is 0. The van der Waals surface area contributed by atoms with Gasteiger partial charge in [-0.1, -0.05) is 340 Å². The fourth-order valence-corrected chi connectivity index (χ4v) is 28.8. The molecule has 0 N–H and O–H groups in total. The zero-order valence-corrected chi connectivity index (χ0v) is 82.9. The van der Waals surface area contributed by atoms with Gasteiger partial charge < -0.3 is 17.7 Å². The van der Waals surface area contributed by atoms with Crippen LogP contribution < -0.4 is 0 Å². The molecule has 0 aliphatic carbocycles. The fourth-order valence-electron chi connectivity index (χ4n) is 23.2. The van der Waals surface area contributed by atoms with Gasteiger partial charge in [0.05, 0.1) is 0 Å². The van der Waals surface area contributed by atoms with Crippen molar-refractivity contribution in [2.45, 2.75) is 0 Å². The van der Waals surface area contributed by atoms with Gasteiger partial charge in [0.2, 0.25) is 0 Å². The second kappa shape index (κ2) is 34.6. The van der Waals surface area contributed by atoms with Crippen molar-refractivity contribution >= 4 is 245 Å². The number of para-hydroxylation sites is 4. The van der Waals surface area contributed by atoms with Crippen molar-refractivity contribution in [3.05, 3.63) is 485 Å². The fraction of sp³-hybridized carbons (Fsp3) is 0. The normalized spacial score (nSPS) is 11.9. The molecule has 147 heavy (non-hydrogen) atoms. The molecule has 32 rings (SSSR count). The molecule has 0 atom stereocenters. The van der Waals surface area contributed by atoms with E-state index in [1.165, 1.54) is 223 Å². The maximum absolute atomic E-state index is 6.25. The maximum Gasteiger partial charge on any atom is 0.136 e. The number of hydrogen-bond donors (Lipinski definition) is 0. The van der Waals surface area contributed by atoms with Gasteiger partial charge in [-0.15, -0.1) is 56.7 Å². The van der Waals surface area contributed by atoms with Crippen molar-refractivity contribution in [2.24, 2.45) is 0 Å². The Balaban J connectivity index is 0.000000102. The van der Waals surface area contributed by atoms with Crippen LogP contribution in [0, 0.1) is 0 Å². The molecule has 0 spiro atoms. The van der Waals surface area contributed by atoms with E-state index in [0.717, 1.165) is 87.8 Å². The van der Waals surface area contributed by atoms with Crippen molar-refractivity contribution in [3.63, 3.8) is 0 Å². The lowest BCUT2D eigenvalue weighted by Gasteiger charge is -2.11. The van der Waals surface area contributed by atoms with Crippen LogP contribution >= 0.6 is 56.7 Å². The highest BCUT2D eigenvalue weighted by atomic mass is 32.1.